The molecule has 0 saturated heterocycles. The van der Waals surface area contributed by atoms with Gasteiger partial charge in [-0.3, -0.25) is 0 Å². The topological polar surface area (TPSA) is 23.8 Å². The molecule has 0 aliphatic heterocycles. The number of benzene rings is 3. The highest BCUT2D eigenvalue weighted by Gasteiger charge is 2.42. The first-order valence-corrected chi connectivity index (χ1v) is 8.44. The average molecular weight is 323 g/mol. The van der Waals surface area contributed by atoms with Gasteiger partial charge < -0.3 is 0 Å². The van der Waals surface area contributed by atoms with Crippen LogP contribution in [-0.4, -0.2) is 0 Å². The van der Waals surface area contributed by atoms with Gasteiger partial charge >= 0.3 is 0 Å². The normalized spacial score (nSPS) is 14.1. The molecule has 0 heterocycles. The zero-order valence-electron chi connectivity index (χ0n) is 14.4. The lowest BCUT2D eigenvalue weighted by atomic mass is 9.64. The molecule has 1 nitrogen and oxygen atoms in total. The molecule has 0 aliphatic carbocycles. The largest absolute Gasteiger partial charge is 0.197 e. The van der Waals surface area contributed by atoms with Gasteiger partial charge in [0.25, 0.3) is 0 Å². The summed E-state index contributed by atoms with van der Waals surface area (Å²) in [4.78, 5) is 0. The van der Waals surface area contributed by atoms with Crippen molar-refractivity contribution in [1.29, 1.82) is 5.26 Å². The quantitative estimate of drug-likeness (QED) is 0.546. The van der Waals surface area contributed by atoms with Crippen LogP contribution in [-0.2, 0) is 5.41 Å². The third kappa shape index (κ3) is 2.99. The first-order valence-electron chi connectivity index (χ1n) is 8.44. The van der Waals surface area contributed by atoms with Crippen LogP contribution >= 0.6 is 0 Å². The summed E-state index contributed by atoms with van der Waals surface area (Å²) in [5, 5.41) is 10.4. The Bertz CT molecular complexity index is 873. The Labute approximate surface area is 149 Å². The summed E-state index contributed by atoms with van der Waals surface area (Å²) in [7, 11) is 0. The second-order valence-corrected chi connectivity index (χ2v) is 6.28. The highest BCUT2D eigenvalue weighted by molar-refractivity contribution is 5.53. The lowest BCUT2D eigenvalue weighted by Crippen LogP contribution is -2.32. The number of rotatable bonds is 5. The van der Waals surface area contributed by atoms with E-state index in [1.54, 1.807) is 0 Å². The van der Waals surface area contributed by atoms with E-state index >= 15 is 0 Å². The molecule has 0 radical (unpaired) electrons. The van der Waals surface area contributed by atoms with Crippen LogP contribution in [0.4, 0.5) is 0 Å². The van der Waals surface area contributed by atoms with E-state index in [2.05, 4.69) is 56.0 Å². The van der Waals surface area contributed by atoms with Crippen LogP contribution < -0.4 is 0 Å². The van der Waals surface area contributed by atoms with Crippen LogP contribution in [0.3, 0.4) is 0 Å². The zero-order chi connectivity index (χ0) is 17.7. The molecule has 3 rings (SSSR count). The van der Waals surface area contributed by atoms with E-state index in [4.69, 9.17) is 0 Å². The average Bonchev–Trinajstić information content (AvgIpc) is 2.68. The maximum absolute atomic E-state index is 10.4. The van der Waals surface area contributed by atoms with Crippen molar-refractivity contribution in [1.82, 2.24) is 0 Å². The zero-order valence-corrected chi connectivity index (χ0v) is 14.4. The van der Waals surface area contributed by atoms with E-state index in [1.807, 2.05) is 54.6 Å². The van der Waals surface area contributed by atoms with E-state index in [9.17, 15) is 5.26 Å². The van der Waals surface area contributed by atoms with E-state index in [0.717, 1.165) is 16.7 Å². The van der Waals surface area contributed by atoms with Gasteiger partial charge in [0.15, 0.2) is 0 Å². The summed E-state index contributed by atoms with van der Waals surface area (Å²) in [6.45, 7) is 6.13. The summed E-state index contributed by atoms with van der Waals surface area (Å²) >= 11 is 0. The molecule has 3 aromatic rings. The van der Waals surface area contributed by atoms with E-state index in [0.29, 0.717) is 0 Å². The maximum atomic E-state index is 10.4. The molecule has 122 valence electrons. The third-order valence-electron chi connectivity index (χ3n) is 4.77. The molecule has 0 aliphatic rings. The molecule has 0 aromatic heterocycles. The Hall–Kier alpha value is -3.11. The molecule has 1 heteroatoms. The fourth-order valence-corrected chi connectivity index (χ4v) is 3.47. The number of nitrogens with zero attached hydrogens (tertiary/aromatic N) is 1. The van der Waals surface area contributed by atoms with E-state index in [1.165, 1.54) is 5.56 Å². The summed E-state index contributed by atoms with van der Waals surface area (Å²) in [5.74, 6) is -0.149. The fourth-order valence-electron chi connectivity index (χ4n) is 3.47. The molecule has 3 aromatic carbocycles. The Balaban J connectivity index is 2.30. The standard InChI is InChI=1S/C24H21N/c1-3-23(20-10-6-4-7-11-20)24(18-25,21-12-8-5-9-13-21)22-16-14-19(2)15-17-22/h3-17,23H,1H2,2H3. The molecular formula is C24H21N. The Morgan fingerprint density at radius 2 is 1.36 bits per heavy atom. The van der Waals surface area contributed by atoms with E-state index in [-0.39, 0.29) is 5.92 Å². The van der Waals surface area contributed by atoms with Gasteiger partial charge in [-0.25, -0.2) is 0 Å². The van der Waals surface area contributed by atoms with Crippen molar-refractivity contribution in [3.8, 4) is 6.07 Å². The first kappa shape index (κ1) is 16.7. The summed E-state index contributed by atoms with van der Waals surface area (Å²) < 4.78 is 0. The summed E-state index contributed by atoms with van der Waals surface area (Å²) in [6.07, 6.45) is 1.89. The SMILES string of the molecule is C=CC(c1ccccc1)C(C#N)(c1ccccc1)c1ccc(C)cc1. The van der Waals surface area contributed by atoms with Crippen molar-refractivity contribution in [2.75, 3.05) is 0 Å². The number of aryl methyl sites for hydroxylation is 1. The number of nitriles is 1. The predicted octanol–water partition coefficient (Wildman–Crippen LogP) is 5.77. The molecule has 0 spiro atoms. The van der Waals surface area contributed by atoms with Crippen molar-refractivity contribution in [3.05, 3.63) is 120 Å². The highest BCUT2D eigenvalue weighted by Crippen LogP contribution is 2.45. The smallest absolute Gasteiger partial charge is 0.117 e. The molecule has 0 fully saturated rings. The number of allylic oxidation sites excluding steroid dienone is 1. The summed E-state index contributed by atoms with van der Waals surface area (Å²) in [5.41, 5.74) is 3.41. The van der Waals surface area contributed by atoms with E-state index < -0.39 is 5.41 Å². The van der Waals surface area contributed by atoms with Gasteiger partial charge in [-0.05, 0) is 23.6 Å². The van der Waals surface area contributed by atoms with Crippen LogP contribution in [0.5, 0.6) is 0 Å². The van der Waals surface area contributed by atoms with Crippen LogP contribution in [0.25, 0.3) is 0 Å². The lowest BCUT2D eigenvalue weighted by molar-refractivity contribution is 0.585. The molecule has 0 saturated carbocycles. The molecular weight excluding hydrogens is 302 g/mol. The molecule has 2 atom stereocenters. The van der Waals surface area contributed by atoms with Gasteiger partial charge in [-0.1, -0.05) is 96.6 Å². The fraction of sp³-hybridized carbons (Fsp3) is 0.125. The summed E-state index contributed by atoms with van der Waals surface area (Å²) in [6, 6.07) is 31.0. The minimum Gasteiger partial charge on any atom is -0.197 e. The Morgan fingerprint density at radius 1 is 0.840 bits per heavy atom. The van der Waals surface area contributed by atoms with Crippen molar-refractivity contribution in [2.24, 2.45) is 0 Å². The van der Waals surface area contributed by atoms with Crippen molar-refractivity contribution >= 4 is 0 Å². The van der Waals surface area contributed by atoms with Crippen LogP contribution in [0.2, 0.25) is 0 Å². The molecule has 0 N–H and O–H groups in total. The van der Waals surface area contributed by atoms with Gasteiger partial charge in [0.2, 0.25) is 0 Å². The van der Waals surface area contributed by atoms with Gasteiger partial charge in [0, 0.05) is 5.92 Å². The highest BCUT2D eigenvalue weighted by atomic mass is 14.5. The van der Waals surface area contributed by atoms with Gasteiger partial charge in [0.1, 0.15) is 5.41 Å². The van der Waals surface area contributed by atoms with Crippen LogP contribution in [0.15, 0.2) is 97.6 Å². The van der Waals surface area contributed by atoms with Crippen molar-refractivity contribution < 1.29 is 0 Å². The predicted molar refractivity (Wildman–Crippen MR) is 103 cm³/mol. The van der Waals surface area contributed by atoms with Crippen molar-refractivity contribution in [3.63, 3.8) is 0 Å². The lowest BCUT2D eigenvalue weighted by Gasteiger charge is -2.35. The number of hydrogen-bond acceptors (Lipinski definition) is 1. The molecule has 2 unspecified atom stereocenters. The molecule has 0 bridgehead atoms. The first-order chi connectivity index (χ1) is 12.2. The van der Waals surface area contributed by atoms with Gasteiger partial charge in [0.05, 0.1) is 6.07 Å². The van der Waals surface area contributed by atoms with Gasteiger partial charge in [-0.2, -0.15) is 5.26 Å². The third-order valence-corrected chi connectivity index (χ3v) is 4.77. The van der Waals surface area contributed by atoms with Crippen LogP contribution in [0.1, 0.15) is 28.2 Å². The Kier molecular flexibility index (Phi) is 4.82. The number of hydrogen-bond donors (Lipinski definition) is 0. The maximum Gasteiger partial charge on any atom is 0.117 e. The second-order valence-electron chi connectivity index (χ2n) is 6.28. The van der Waals surface area contributed by atoms with Crippen molar-refractivity contribution in [2.45, 2.75) is 18.3 Å². The van der Waals surface area contributed by atoms with Gasteiger partial charge in [-0.15, -0.1) is 6.58 Å². The minimum absolute atomic E-state index is 0.149. The second kappa shape index (κ2) is 7.20. The molecule has 0 amide bonds. The Morgan fingerprint density at radius 3 is 1.88 bits per heavy atom. The monoisotopic (exact) mass is 323 g/mol. The minimum atomic E-state index is -0.821. The van der Waals surface area contributed by atoms with Crippen LogP contribution in [0, 0.1) is 18.3 Å². The molecule has 25 heavy (non-hydrogen) atoms.